The minimum Gasteiger partial charge on any atom is -0.494 e. The minimum absolute atomic E-state index is 0.551. The summed E-state index contributed by atoms with van der Waals surface area (Å²) in [4.78, 5) is 0. The van der Waals surface area contributed by atoms with Gasteiger partial charge in [0.1, 0.15) is 5.75 Å². The number of rotatable bonds is 7. The van der Waals surface area contributed by atoms with Crippen molar-refractivity contribution in [1.29, 1.82) is 0 Å². The van der Waals surface area contributed by atoms with Crippen LogP contribution in [-0.2, 0) is 0 Å². The Balaban J connectivity index is 1.80. The molecule has 0 N–H and O–H groups in total. The Morgan fingerprint density at radius 1 is 0.800 bits per heavy atom. The summed E-state index contributed by atoms with van der Waals surface area (Å²) >= 11 is 0. The molecular weight excluding hydrogens is 380 g/mol. The highest BCUT2D eigenvalue weighted by molar-refractivity contribution is 5.86. The summed E-state index contributed by atoms with van der Waals surface area (Å²) in [6.45, 7) is 2.63. The zero-order valence-corrected chi connectivity index (χ0v) is 17.5. The van der Waals surface area contributed by atoms with Gasteiger partial charge in [-0.05, 0) is 36.2 Å². The molecule has 0 aliphatic heterocycles. The second kappa shape index (κ2) is 8.37. The average molecular weight is 404 g/mol. The first-order valence-corrected chi connectivity index (χ1v) is 9.70. The molecule has 3 aromatic carbocycles. The topological polar surface area (TPSA) is 54.7 Å². The quantitative estimate of drug-likeness (QED) is 0.428. The van der Waals surface area contributed by atoms with Crippen molar-refractivity contribution in [3.05, 3.63) is 60.8 Å². The van der Waals surface area contributed by atoms with E-state index in [4.69, 9.17) is 18.9 Å². The Hall–Kier alpha value is -3.67. The van der Waals surface area contributed by atoms with Gasteiger partial charge in [-0.2, -0.15) is 5.10 Å². The van der Waals surface area contributed by atoms with Gasteiger partial charge in [0, 0.05) is 17.5 Å². The molecule has 0 spiro atoms. The van der Waals surface area contributed by atoms with Crippen LogP contribution in [0.1, 0.15) is 6.92 Å². The third-order valence-corrected chi connectivity index (χ3v) is 4.96. The molecule has 154 valence electrons. The van der Waals surface area contributed by atoms with E-state index in [1.165, 1.54) is 0 Å². The fourth-order valence-electron chi connectivity index (χ4n) is 3.50. The van der Waals surface area contributed by atoms with Gasteiger partial charge in [-0.15, -0.1) is 0 Å². The molecule has 0 saturated carbocycles. The van der Waals surface area contributed by atoms with Crippen molar-refractivity contribution in [2.24, 2.45) is 0 Å². The van der Waals surface area contributed by atoms with Crippen molar-refractivity contribution in [3.63, 3.8) is 0 Å². The van der Waals surface area contributed by atoms with E-state index in [2.05, 4.69) is 35.4 Å². The molecule has 6 nitrogen and oxygen atoms in total. The van der Waals surface area contributed by atoms with Gasteiger partial charge in [-0.1, -0.05) is 24.3 Å². The molecule has 1 heterocycles. The van der Waals surface area contributed by atoms with E-state index in [1.807, 2.05) is 42.1 Å². The van der Waals surface area contributed by atoms with Crippen molar-refractivity contribution in [2.75, 3.05) is 27.9 Å². The van der Waals surface area contributed by atoms with Crippen LogP contribution in [0.15, 0.2) is 60.8 Å². The van der Waals surface area contributed by atoms with Gasteiger partial charge in [0.05, 0.1) is 45.3 Å². The van der Waals surface area contributed by atoms with E-state index in [1.54, 1.807) is 21.3 Å². The van der Waals surface area contributed by atoms with Crippen LogP contribution in [0, 0.1) is 0 Å². The summed E-state index contributed by atoms with van der Waals surface area (Å²) in [6, 6.07) is 18.2. The largest absolute Gasteiger partial charge is 0.494 e. The molecule has 0 saturated heterocycles. The number of aromatic nitrogens is 2. The predicted octanol–water partition coefficient (Wildman–Crippen LogP) is 5.12. The fourth-order valence-corrected chi connectivity index (χ4v) is 3.50. The first kappa shape index (κ1) is 19.6. The predicted molar refractivity (Wildman–Crippen MR) is 117 cm³/mol. The van der Waals surface area contributed by atoms with E-state index in [0.717, 1.165) is 33.5 Å². The molecule has 6 heteroatoms. The van der Waals surface area contributed by atoms with Gasteiger partial charge in [-0.25, -0.2) is 4.68 Å². The summed E-state index contributed by atoms with van der Waals surface area (Å²) < 4.78 is 23.8. The van der Waals surface area contributed by atoms with Crippen molar-refractivity contribution in [2.45, 2.75) is 6.92 Å². The normalized spacial score (nSPS) is 10.8. The maximum atomic E-state index is 5.55. The molecule has 0 aliphatic rings. The third kappa shape index (κ3) is 3.52. The molecule has 4 aromatic rings. The zero-order chi connectivity index (χ0) is 21.1. The lowest BCUT2D eigenvalue weighted by Crippen LogP contribution is -2.01. The van der Waals surface area contributed by atoms with E-state index in [-0.39, 0.29) is 0 Å². The highest BCUT2D eigenvalue weighted by Gasteiger charge is 2.16. The number of ether oxygens (including phenoxy) is 4. The SMILES string of the molecule is CCOc1ccc(-c2ccc3cnn(-c4cc(OC)c(OC)c(OC)c4)c3c2)cc1. The Labute approximate surface area is 175 Å². The lowest BCUT2D eigenvalue weighted by Gasteiger charge is -2.14. The summed E-state index contributed by atoms with van der Waals surface area (Å²) in [5.41, 5.74) is 4.01. The summed E-state index contributed by atoms with van der Waals surface area (Å²) in [5.74, 6) is 2.58. The van der Waals surface area contributed by atoms with Crippen LogP contribution in [0.25, 0.3) is 27.7 Å². The molecule has 0 aliphatic carbocycles. The lowest BCUT2D eigenvalue weighted by atomic mass is 10.0. The number of nitrogens with zero attached hydrogens (tertiary/aromatic N) is 2. The number of hydrogen-bond donors (Lipinski definition) is 0. The monoisotopic (exact) mass is 404 g/mol. The smallest absolute Gasteiger partial charge is 0.203 e. The van der Waals surface area contributed by atoms with Crippen LogP contribution in [0.2, 0.25) is 0 Å². The van der Waals surface area contributed by atoms with Crippen LogP contribution < -0.4 is 18.9 Å². The van der Waals surface area contributed by atoms with E-state index in [9.17, 15) is 0 Å². The fraction of sp³-hybridized carbons (Fsp3) is 0.208. The Morgan fingerprint density at radius 2 is 1.47 bits per heavy atom. The Kier molecular flexibility index (Phi) is 5.48. The van der Waals surface area contributed by atoms with Crippen molar-refractivity contribution >= 4 is 10.9 Å². The van der Waals surface area contributed by atoms with Crippen LogP contribution in [0.3, 0.4) is 0 Å². The standard InChI is InChI=1S/C24H24N2O4/c1-5-30-20-10-8-16(9-11-20)17-6-7-18-15-25-26(21(18)12-17)19-13-22(27-2)24(29-4)23(14-19)28-3/h6-15H,5H2,1-4H3. The van der Waals surface area contributed by atoms with E-state index in [0.29, 0.717) is 23.9 Å². The van der Waals surface area contributed by atoms with Crippen LogP contribution in [-0.4, -0.2) is 37.7 Å². The van der Waals surface area contributed by atoms with Crippen molar-refractivity contribution in [3.8, 4) is 39.8 Å². The molecule has 0 amide bonds. The molecule has 0 unspecified atom stereocenters. The molecule has 0 fully saturated rings. The first-order valence-electron chi connectivity index (χ1n) is 9.70. The van der Waals surface area contributed by atoms with Gasteiger partial charge in [-0.3, -0.25) is 0 Å². The van der Waals surface area contributed by atoms with Gasteiger partial charge in [0.2, 0.25) is 5.75 Å². The zero-order valence-electron chi connectivity index (χ0n) is 17.5. The number of hydrogen-bond acceptors (Lipinski definition) is 5. The molecule has 0 atom stereocenters. The van der Waals surface area contributed by atoms with Gasteiger partial charge >= 0.3 is 0 Å². The van der Waals surface area contributed by atoms with Crippen molar-refractivity contribution < 1.29 is 18.9 Å². The lowest BCUT2D eigenvalue weighted by molar-refractivity contribution is 0.324. The van der Waals surface area contributed by atoms with Crippen LogP contribution >= 0.6 is 0 Å². The van der Waals surface area contributed by atoms with Crippen molar-refractivity contribution in [1.82, 2.24) is 9.78 Å². The number of benzene rings is 3. The molecule has 4 rings (SSSR count). The highest BCUT2D eigenvalue weighted by atomic mass is 16.5. The minimum atomic E-state index is 0.551. The summed E-state index contributed by atoms with van der Waals surface area (Å²) in [5, 5.41) is 5.63. The summed E-state index contributed by atoms with van der Waals surface area (Å²) in [7, 11) is 4.80. The first-order chi connectivity index (χ1) is 14.7. The second-order valence-electron chi connectivity index (χ2n) is 6.67. The van der Waals surface area contributed by atoms with E-state index >= 15 is 0 Å². The molecule has 0 bridgehead atoms. The molecule has 1 aromatic heterocycles. The maximum absolute atomic E-state index is 5.55. The molecular formula is C24H24N2O4. The Bertz CT molecular complexity index is 1140. The molecule has 30 heavy (non-hydrogen) atoms. The highest BCUT2D eigenvalue weighted by Crippen LogP contribution is 2.40. The van der Waals surface area contributed by atoms with Crippen LogP contribution in [0.5, 0.6) is 23.0 Å². The Morgan fingerprint density at radius 3 is 2.07 bits per heavy atom. The summed E-state index contributed by atoms with van der Waals surface area (Å²) in [6.07, 6.45) is 1.85. The van der Waals surface area contributed by atoms with Crippen LogP contribution in [0.4, 0.5) is 0 Å². The molecule has 0 radical (unpaired) electrons. The van der Waals surface area contributed by atoms with Gasteiger partial charge in [0.15, 0.2) is 11.5 Å². The maximum Gasteiger partial charge on any atom is 0.203 e. The number of fused-ring (bicyclic) bond motifs is 1. The number of methoxy groups -OCH3 is 3. The van der Waals surface area contributed by atoms with Gasteiger partial charge in [0.25, 0.3) is 0 Å². The van der Waals surface area contributed by atoms with Gasteiger partial charge < -0.3 is 18.9 Å². The third-order valence-electron chi connectivity index (χ3n) is 4.96. The average Bonchev–Trinajstić information content (AvgIpc) is 3.22. The van der Waals surface area contributed by atoms with E-state index < -0.39 is 0 Å². The second-order valence-corrected chi connectivity index (χ2v) is 6.67.